The van der Waals surface area contributed by atoms with Crippen molar-refractivity contribution in [1.82, 2.24) is 0 Å². The Labute approximate surface area is 200 Å². The van der Waals surface area contributed by atoms with E-state index in [4.69, 9.17) is 32.7 Å². The second kappa shape index (κ2) is 9.77. The predicted octanol–water partition coefficient (Wildman–Crippen LogP) is 7.41. The zero-order valence-corrected chi connectivity index (χ0v) is 20.2. The van der Waals surface area contributed by atoms with Crippen LogP contribution in [0.2, 0.25) is 10.0 Å². The molecular formula is C24H23Cl2F3O4. The van der Waals surface area contributed by atoms with Crippen LogP contribution in [0, 0.1) is 0 Å². The number of hydrogen-bond acceptors (Lipinski definition) is 4. The van der Waals surface area contributed by atoms with Crippen molar-refractivity contribution in [2.45, 2.75) is 52.0 Å². The molecule has 2 rings (SSSR count). The predicted molar refractivity (Wildman–Crippen MR) is 122 cm³/mol. The highest BCUT2D eigenvalue weighted by Gasteiger charge is 2.35. The van der Waals surface area contributed by atoms with Crippen molar-refractivity contribution in [3.63, 3.8) is 0 Å². The van der Waals surface area contributed by atoms with Crippen molar-refractivity contribution in [3.8, 4) is 5.75 Å². The van der Waals surface area contributed by atoms with E-state index in [0.29, 0.717) is 5.56 Å². The monoisotopic (exact) mass is 502 g/mol. The van der Waals surface area contributed by atoms with Gasteiger partial charge in [0.05, 0.1) is 10.6 Å². The lowest BCUT2D eigenvalue weighted by atomic mass is 10.1. The second-order valence-electron chi connectivity index (χ2n) is 8.67. The van der Waals surface area contributed by atoms with Gasteiger partial charge in [0.1, 0.15) is 16.4 Å². The number of ether oxygens (including phenoxy) is 2. The number of allylic oxidation sites excluding steroid dienone is 1. The number of alkyl halides is 3. The third-order valence-electron chi connectivity index (χ3n) is 4.24. The maximum Gasteiger partial charge on any atom is 0.416 e. The molecule has 0 heterocycles. The Kier molecular flexibility index (Phi) is 7.92. The summed E-state index contributed by atoms with van der Waals surface area (Å²) in [7, 11) is 0. The average Bonchev–Trinajstić information content (AvgIpc) is 2.68. The Hall–Kier alpha value is -2.51. The highest BCUT2D eigenvalue weighted by molar-refractivity contribution is 6.43. The van der Waals surface area contributed by atoms with Crippen LogP contribution in [0.1, 0.15) is 56.1 Å². The third kappa shape index (κ3) is 7.24. The van der Waals surface area contributed by atoms with E-state index in [1.807, 2.05) is 0 Å². The summed E-state index contributed by atoms with van der Waals surface area (Å²) in [6.45, 7) is 8.26. The molecule has 0 aliphatic carbocycles. The fraction of sp³-hybridized carbons (Fsp3) is 0.333. The number of carbonyl (C=O) groups is 2. The molecule has 0 unspecified atom stereocenters. The number of halogens is 5. The van der Waals surface area contributed by atoms with Crippen LogP contribution < -0.4 is 4.74 Å². The smallest absolute Gasteiger partial charge is 0.416 e. The quantitative estimate of drug-likeness (QED) is 0.234. The number of esters is 1. The Morgan fingerprint density at radius 2 is 1.45 bits per heavy atom. The van der Waals surface area contributed by atoms with E-state index in [2.05, 4.69) is 0 Å². The molecular weight excluding hydrogens is 480 g/mol. The van der Waals surface area contributed by atoms with Gasteiger partial charge in [0.15, 0.2) is 11.4 Å². The minimum atomic E-state index is -4.48. The van der Waals surface area contributed by atoms with Gasteiger partial charge in [0.25, 0.3) is 0 Å². The lowest BCUT2D eigenvalue weighted by molar-refractivity contribution is -0.170. The molecule has 33 heavy (non-hydrogen) atoms. The molecule has 0 bridgehead atoms. The first kappa shape index (κ1) is 26.7. The second-order valence-corrected chi connectivity index (χ2v) is 9.42. The molecule has 0 aromatic heterocycles. The summed E-state index contributed by atoms with van der Waals surface area (Å²) in [6.07, 6.45) is -1.92. The maximum atomic E-state index is 12.7. The van der Waals surface area contributed by atoms with Gasteiger partial charge < -0.3 is 9.47 Å². The Morgan fingerprint density at radius 3 is 1.97 bits per heavy atom. The van der Waals surface area contributed by atoms with Gasteiger partial charge in [-0.15, -0.1) is 0 Å². The van der Waals surface area contributed by atoms with Crippen molar-refractivity contribution in [1.29, 1.82) is 0 Å². The van der Waals surface area contributed by atoms with Crippen LogP contribution in [0.4, 0.5) is 13.2 Å². The SMILES string of the molecule is CC(C)(C)OC(=O)C(C)(C)Oc1ccc(C=CC(=O)c2ccc(C(F)(F)F)cc2)c(Cl)c1Cl. The molecule has 0 saturated carbocycles. The lowest BCUT2D eigenvalue weighted by Gasteiger charge is -2.29. The molecule has 2 aromatic carbocycles. The van der Waals surface area contributed by atoms with Crippen LogP contribution in [0.25, 0.3) is 6.08 Å². The summed E-state index contributed by atoms with van der Waals surface area (Å²) in [5.74, 6) is -0.959. The summed E-state index contributed by atoms with van der Waals surface area (Å²) in [4.78, 5) is 24.7. The molecule has 0 fully saturated rings. The summed E-state index contributed by atoms with van der Waals surface area (Å²) in [6, 6.07) is 6.89. The molecule has 0 aliphatic heterocycles. The van der Waals surface area contributed by atoms with Gasteiger partial charge in [-0.05, 0) is 76.6 Å². The Morgan fingerprint density at radius 1 is 0.879 bits per heavy atom. The third-order valence-corrected chi connectivity index (χ3v) is 5.12. The molecule has 0 amide bonds. The number of benzene rings is 2. The van der Waals surface area contributed by atoms with Crippen molar-refractivity contribution >= 4 is 41.0 Å². The first-order chi connectivity index (χ1) is 15.0. The molecule has 0 N–H and O–H groups in total. The van der Waals surface area contributed by atoms with Gasteiger partial charge >= 0.3 is 12.1 Å². The molecule has 0 radical (unpaired) electrons. The summed E-state index contributed by atoms with van der Waals surface area (Å²) in [5, 5.41) is 0.100. The van der Waals surface area contributed by atoms with Crippen molar-refractivity contribution < 1.29 is 32.2 Å². The van der Waals surface area contributed by atoms with E-state index >= 15 is 0 Å². The molecule has 0 atom stereocenters. The number of carbonyl (C=O) groups excluding carboxylic acids is 2. The van der Waals surface area contributed by atoms with E-state index in [1.54, 1.807) is 20.8 Å². The number of ketones is 1. The molecule has 0 aliphatic rings. The van der Waals surface area contributed by atoms with Crippen LogP contribution in [0.15, 0.2) is 42.5 Å². The van der Waals surface area contributed by atoms with E-state index in [1.165, 1.54) is 38.1 Å². The zero-order valence-electron chi connectivity index (χ0n) is 18.6. The Balaban J connectivity index is 2.19. The van der Waals surface area contributed by atoms with Gasteiger partial charge in [0, 0.05) is 5.56 Å². The molecule has 4 nitrogen and oxygen atoms in total. The van der Waals surface area contributed by atoms with Crippen molar-refractivity contribution in [2.75, 3.05) is 0 Å². The van der Waals surface area contributed by atoms with Crippen molar-refractivity contribution in [2.24, 2.45) is 0 Å². The van der Waals surface area contributed by atoms with Gasteiger partial charge in [-0.2, -0.15) is 13.2 Å². The highest BCUT2D eigenvalue weighted by atomic mass is 35.5. The summed E-state index contributed by atoms with van der Waals surface area (Å²) < 4.78 is 49.1. The molecule has 9 heteroatoms. The van der Waals surface area contributed by atoms with Crippen LogP contribution in [-0.2, 0) is 15.7 Å². The highest BCUT2D eigenvalue weighted by Crippen LogP contribution is 2.37. The minimum absolute atomic E-state index is 0.0254. The lowest BCUT2D eigenvalue weighted by Crippen LogP contribution is -2.43. The van der Waals surface area contributed by atoms with E-state index in [-0.39, 0.29) is 21.4 Å². The first-order valence-electron chi connectivity index (χ1n) is 9.81. The molecule has 178 valence electrons. The topological polar surface area (TPSA) is 52.6 Å². The summed E-state index contributed by atoms with van der Waals surface area (Å²) in [5.41, 5.74) is -2.43. The fourth-order valence-electron chi connectivity index (χ4n) is 2.56. The van der Waals surface area contributed by atoms with E-state index in [0.717, 1.165) is 24.3 Å². The first-order valence-corrected chi connectivity index (χ1v) is 10.6. The average molecular weight is 503 g/mol. The van der Waals surface area contributed by atoms with Crippen LogP contribution in [0.3, 0.4) is 0 Å². The summed E-state index contributed by atoms with van der Waals surface area (Å²) >= 11 is 12.6. The van der Waals surface area contributed by atoms with Crippen LogP contribution in [-0.4, -0.2) is 23.0 Å². The van der Waals surface area contributed by atoms with Gasteiger partial charge in [-0.1, -0.05) is 35.3 Å². The standard InChI is InChI=1S/C24H23Cl2F3O4/c1-22(2,3)33-21(31)23(4,5)32-18-13-9-15(19(25)20(18)26)8-12-17(30)14-6-10-16(11-7-14)24(27,28)29/h6-13H,1-5H3. The van der Waals surface area contributed by atoms with Crippen LogP contribution >= 0.6 is 23.2 Å². The number of rotatable bonds is 6. The van der Waals surface area contributed by atoms with E-state index < -0.39 is 34.7 Å². The van der Waals surface area contributed by atoms with Gasteiger partial charge in [-0.3, -0.25) is 4.79 Å². The van der Waals surface area contributed by atoms with E-state index in [9.17, 15) is 22.8 Å². The Bertz CT molecular complexity index is 1070. The zero-order chi connectivity index (χ0) is 25.2. The van der Waals surface area contributed by atoms with Crippen molar-refractivity contribution in [3.05, 3.63) is 69.2 Å². The van der Waals surface area contributed by atoms with Gasteiger partial charge in [-0.25, -0.2) is 4.79 Å². The molecule has 2 aromatic rings. The molecule has 0 saturated heterocycles. The van der Waals surface area contributed by atoms with Gasteiger partial charge in [0.2, 0.25) is 0 Å². The van der Waals surface area contributed by atoms with Crippen LogP contribution in [0.5, 0.6) is 5.75 Å². The largest absolute Gasteiger partial charge is 0.475 e. The molecule has 0 spiro atoms. The minimum Gasteiger partial charge on any atom is -0.475 e. The normalized spacial score (nSPS) is 12.7. The number of hydrogen-bond donors (Lipinski definition) is 0. The fourth-order valence-corrected chi connectivity index (χ4v) is 2.99. The maximum absolute atomic E-state index is 12.7.